The Kier molecular flexibility index (Phi) is 8.17. The molecule has 0 N–H and O–H groups in total. The van der Waals surface area contributed by atoms with E-state index < -0.39 is 0 Å². The van der Waals surface area contributed by atoms with E-state index in [1.165, 1.54) is 0 Å². The van der Waals surface area contributed by atoms with Crippen molar-refractivity contribution < 1.29 is 28.3 Å². The van der Waals surface area contributed by atoms with Crippen LogP contribution in [0.4, 0.5) is 0 Å². The molecule has 0 saturated carbocycles. The average Bonchev–Trinajstić information content (AvgIpc) is 3.48. The van der Waals surface area contributed by atoms with E-state index in [0.29, 0.717) is 48.2 Å². The minimum atomic E-state index is 0.0899. The lowest BCUT2D eigenvalue weighted by Gasteiger charge is -2.24. The van der Waals surface area contributed by atoms with Gasteiger partial charge in [-0.2, -0.15) is 0 Å². The molecule has 2 aromatic rings. The number of ether oxygens (including phenoxy) is 4. The number of amides is 1. The van der Waals surface area contributed by atoms with Gasteiger partial charge in [-0.3, -0.25) is 4.79 Å². The summed E-state index contributed by atoms with van der Waals surface area (Å²) >= 11 is 0. The van der Waals surface area contributed by atoms with Crippen molar-refractivity contribution in [3.63, 3.8) is 0 Å². The molecule has 1 amide bonds. The molecular weight excluding hydrogens is 400 g/mol. The van der Waals surface area contributed by atoms with Crippen LogP contribution < -0.4 is 14.2 Å². The molecule has 0 bridgehead atoms. The number of hydrogen-bond donors (Lipinski definition) is 0. The van der Waals surface area contributed by atoms with Crippen LogP contribution in [-0.4, -0.2) is 56.5 Å². The summed E-state index contributed by atoms with van der Waals surface area (Å²) < 4.78 is 27.5. The first kappa shape index (κ1) is 22.9. The third-order valence-corrected chi connectivity index (χ3v) is 5.41. The Morgan fingerprint density at radius 3 is 2.48 bits per heavy atom. The van der Waals surface area contributed by atoms with E-state index in [4.69, 9.17) is 23.5 Å². The van der Waals surface area contributed by atoms with Crippen LogP contribution in [0.15, 0.2) is 22.7 Å². The molecule has 0 radical (unpaired) electrons. The van der Waals surface area contributed by atoms with Gasteiger partial charge < -0.3 is 28.4 Å². The Hall–Kier alpha value is -2.74. The monoisotopic (exact) mass is 432 g/mol. The zero-order valence-electron chi connectivity index (χ0n) is 18.8. The molecule has 1 atom stereocenters. The zero-order chi connectivity index (χ0) is 22.2. The number of carbonyl (C=O) groups is 1. The van der Waals surface area contributed by atoms with Gasteiger partial charge in [-0.15, -0.1) is 0 Å². The van der Waals surface area contributed by atoms with Gasteiger partial charge in [0, 0.05) is 31.2 Å². The van der Waals surface area contributed by atoms with E-state index in [2.05, 4.69) is 12.1 Å². The van der Waals surface area contributed by atoms with Crippen molar-refractivity contribution in [1.29, 1.82) is 0 Å². The third kappa shape index (κ3) is 5.70. The van der Waals surface area contributed by atoms with Gasteiger partial charge in [0.25, 0.3) is 0 Å². The van der Waals surface area contributed by atoms with Gasteiger partial charge >= 0.3 is 0 Å². The van der Waals surface area contributed by atoms with Gasteiger partial charge in [0.15, 0.2) is 17.3 Å². The fourth-order valence-electron chi connectivity index (χ4n) is 3.72. The maximum Gasteiger partial charge on any atom is 0.223 e. The second-order valence-corrected chi connectivity index (χ2v) is 7.61. The molecule has 1 fully saturated rings. The van der Waals surface area contributed by atoms with E-state index >= 15 is 0 Å². The summed E-state index contributed by atoms with van der Waals surface area (Å²) in [5.74, 6) is 2.26. The first-order chi connectivity index (χ1) is 15.1. The number of unbranched alkanes of at least 4 members (excludes halogenated alkanes) is 1. The fraction of sp³-hybridized carbons (Fsp3) is 0.565. The molecule has 31 heavy (non-hydrogen) atoms. The van der Waals surface area contributed by atoms with Gasteiger partial charge in [-0.1, -0.05) is 18.5 Å². The molecule has 8 heteroatoms. The highest BCUT2D eigenvalue weighted by atomic mass is 16.5. The van der Waals surface area contributed by atoms with E-state index in [-0.39, 0.29) is 12.0 Å². The second kappa shape index (κ2) is 11.0. The zero-order valence-corrected chi connectivity index (χ0v) is 18.8. The molecule has 3 rings (SSSR count). The lowest BCUT2D eigenvalue weighted by atomic mass is 10.1. The van der Waals surface area contributed by atoms with Gasteiger partial charge in [0.05, 0.1) is 34.0 Å². The lowest BCUT2D eigenvalue weighted by Crippen LogP contribution is -2.36. The van der Waals surface area contributed by atoms with Crippen LogP contribution in [0, 0.1) is 0 Å². The predicted octanol–water partition coefficient (Wildman–Crippen LogP) is 4.07. The van der Waals surface area contributed by atoms with Crippen LogP contribution in [0.3, 0.4) is 0 Å². The molecule has 170 valence electrons. The van der Waals surface area contributed by atoms with Crippen LogP contribution in [-0.2, 0) is 16.1 Å². The standard InChI is InChI=1S/C23H32N2O6/c1-5-6-9-22(26)25(15-18-8-7-10-30-18)14-17-13-19(31-24-17)16-11-20(27-2)23(29-4)21(12-16)28-3/h11-13,18H,5-10,14-15H2,1-4H3/t18-/m1/s1. The maximum atomic E-state index is 12.8. The predicted molar refractivity (Wildman–Crippen MR) is 116 cm³/mol. The highest BCUT2D eigenvalue weighted by Gasteiger charge is 2.24. The first-order valence-electron chi connectivity index (χ1n) is 10.7. The molecule has 1 saturated heterocycles. The van der Waals surface area contributed by atoms with Crippen molar-refractivity contribution in [3.05, 3.63) is 23.9 Å². The van der Waals surface area contributed by atoms with Crippen molar-refractivity contribution in [2.75, 3.05) is 34.5 Å². The number of nitrogens with zero attached hydrogens (tertiary/aromatic N) is 2. The Morgan fingerprint density at radius 2 is 1.90 bits per heavy atom. The Morgan fingerprint density at radius 1 is 1.16 bits per heavy atom. The molecule has 1 aromatic carbocycles. The second-order valence-electron chi connectivity index (χ2n) is 7.61. The van der Waals surface area contributed by atoms with Crippen LogP contribution in [0.25, 0.3) is 11.3 Å². The minimum absolute atomic E-state index is 0.0899. The smallest absolute Gasteiger partial charge is 0.223 e. The molecule has 1 aromatic heterocycles. The van der Waals surface area contributed by atoms with Crippen molar-refractivity contribution >= 4 is 5.91 Å². The quantitative estimate of drug-likeness (QED) is 0.529. The molecule has 0 spiro atoms. The Balaban J connectivity index is 1.79. The highest BCUT2D eigenvalue weighted by Crippen LogP contribution is 2.41. The van der Waals surface area contributed by atoms with Gasteiger partial charge in [-0.25, -0.2) is 0 Å². The SMILES string of the molecule is CCCCC(=O)N(Cc1cc(-c2cc(OC)c(OC)c(OC)c2)on1)C[C@H]1CCCO1. The Labute approximate surface area is 183 Å². The summed E-state index contributed by atoms with van der Waals surface area (Å²) in [7, 11) is 4.69. The molecule has 1 aliphatic rings. The van der Waals surface area contributed by atoms with Crippen LogP contribution >= 0.6 is 0 Å². The highest BCUT2D eigenvalue weighted by molar-refractivity contribution is 5.76. The van der Waals surface area contributed by atoms with Crippen LogP contribution in [0.2, 0.25) is 0 Å². The van der Waals surface area contributed by atoms with Crippen LogP contribution in [0.5, 0.6) is 17.2 Å². The number of methoxy groups -OCH3 is 3. The molecular formula is C23H32N2O6. The van der Waals surface area contributed by atoms with E-state index in [1.807, 2.05) is 23.1 Å². The summed E-state index contributed by atoms with van der Waals surface area (Å²) in [6, 6.07) is 5.46. The van der Waals surface area contributed by atoms with Crippen LogP contribution in [0.1, 0.15) is 44.7 Å². The van der Waals surface area contributed by atoms with Crippen molar-refractivity contribution in [2.24, 2.45) is 0 Å². The average molecular weight is 433 g/mol. The van der Waals surface area contributed by atoms with E-state index in [0.717, 1.165) is 37.9 Å². The van der Waals surface area contributed by atoms with Gasteiger partial charge in [-0.05, 0) is 31.4 Å². The van der Waals surface area contributed by atoms with Gasteiger partial charge in [0.1, 0.15) is 5.69 Å². The Bertz CT molecular complexity index is 834. The number of carbonyl (C=O) groups excluding carboxylic acids is 1. The van der Waals surface area contributed by atoms with Crippen molar-refractivity contribution in [2.45, 2.75) is 51.7 Å². The number of rotatable bonds is 11. The van der Waals surface area contributed by atoms with Crippen molar-refractivity contribution in [1.82, 2.24) is 10.1 Å². The number of hydrogen-bond acceptors (Lipinski definition) is 7. The molecule has 0 aliphatic carbocycles. The summed E-state index contributed by atoms with van der Waals surface area (Å²) in [5, 5.41) is 4.20. The molecule has 1 aliphatic heterocycles. The number of benzene rings is 1. The maximum absolute atomic E-state index is 12.8. The summed E-state index contributed by atoms with van der Waals surface area (Å²) in [4.78, 5) is 14.6. The largest absolute Gasteiger partial charge is 0.493 e. The lowest BCUT2D eigenvalue weighted by molar-refractivity contribution is -0.133. The number of aromatic nitrogens is 1. The normalized spacial score (nSPS) is 15.7. The molecule has 2 heterocycles. The van der Waals surface area contributed by atoms with E-state index in [1.54, 1.807) is 21.3 Å². The molecule has 8 nitrogen and oxygen atoms in total. The molecule has 0 unspecified atom stereocenters. The summed E-state index contributed by atoms with van der Waals surface area (Å²) in [6.45, 7) is 3.81. The summed E-state index contributed by atoms with van der Waals surface area (Å²) in [6.07, 6.45) is 4.49. The topological polar surface area (TPSA) is 83.3 Å². The summed E-state index contributed by atoms with van der Waals surface area (Å²) in [5.41, 5.74) is 1.43. The third-order valence-electron chi connectivity index (χ3n) is 5.41. The van der Waals surface area contributed by atoms with Gasteiger partial charge in [0.2, 0.25) is 11.7 Å². The fourth-order valence-corrected chi connectivity index (χ4v) is 3.72. The first-order valence-corrected chi connectivity index (χ1v) is 10.7. The van der Waals surface area contributed by atoms with E-state index in [9.17, 15) is 4.79 Å². The van der Waals surface area contributed by atoms with Crippen molar-refractivity contribution in [3.8, 4) is 28.6 Å². The minimum Gasteiger partial charge on any atom is -0.493 e.